The fourth-order valence-electron chi connectivity index (χ4n) is 1.58. The number of amides is 2. The Bertz CT molecular complexity index is 678. The molecule has 3 rings (SSSR count). The van der Waals surface area contributed by atoms with E-state index < -0.39 is 17.8 Å². The molecule has 3 heterocycles. The van der Waals surface area contributed by atoms with Gasteiger partial charge in [-0.3, -0.25) is 9.59 Å². The van der Waals surface area contributed by atoms with Crippen molar-refractivity contribution in [3.8, 4) is 0 Å². The van der Waals surface area contributed by atoms with Crippen molar-refractivity contribution in [2.75, 3.05) is 0 Å². The molecule has 9 nitrogen and oxygen atoms in total. The SMILES string of the molecule is O=C(ON1C(=O)CCC1=O)c1ccc2nnoc2n1. The molecule has 0 aromatic carbocycles. The molecule has 1 aliphatic rings. The minimum atomic E-state index is -0.929. The van der Waals surface area contributed by atoms with E-state index in [2.05, 4.69) is 15.4 Å². The predicted octanol–water partition coefficient (Wildman–Crippen LogP) is -0.161. The van der Waals surface area contributed by atoms with E-state index >= 15 is 0 Å². The first-order chi connectivity index (χ1) is 9.15. The summed E-state index contributed by atoms with van der Waals surface area (Å²) < 4.78 is 4.69. The molecule has 0 atom stereocenters. The van der Waals surface area contributed by atoms with Crippen LogP contribution in [0.3, 0.4) is 0 Å². The van der Waals surface area contributed by atoms with Crippen molar-refractivity contribution in [1.29, 1.82) is 0 Å². The molecule has 2 aromatic rings. The van der Waals surface area contributed by atoms with Crippen LogP contribution in [0.25, 0.3) is 11.2 Å². The van der Waals surface area contributed by atoms with E-state index in [1.165, 1.54) is 12.1 Å². The smallest absolute Gasteiger partial charge is 0.323 e. The average molecular weight is 262 g/mol. The van der Waals surface area contributed by atoms with E-state index in [1.807, 2.05) is 0 Å². The Morgan fingerprint density at radius 1 is 1.26 bits per heavy atom. The van der Waals surface area contributed by atoms with E-state index in [4.69, 9.17) is 9.36 Å². The van der Waals surface area contributed by atoms with Crippen molar-refractivity contribution < 1.29 is 23.7 Å². The summed E-state index contributed by atoms with van der Waals surface area (Å²) in [5.74, 6) is -2.04. The average Bonchev–Trinajstić information content (AvgIpc) is 2.99. The molecular formula is C10H6N4O5. The van der Waals surface area contributed by atoms with Crippen molar-refractivity contribution in [3.05, 3.63) is 17.8 Å². The molecule has 0 unspecified atom stereocenters. The van der Waals surface area contributed by atoms with E-state index in [-0.39, 0.29) is 24.2 Å². The first-order valence-electron chi connectivity index (χ1n) is 5.32. The van der Waals surface area contributed by atoms with Crippen molar-refractivity contribution >= 4 is 29.0 Å². The molecule has 2 amide bonds. The summed E-state index contributed by atoms with van der Waals surface area (Å²) in [6, 6.07) is 2.79. The molecule has 0 aliphatic carbocycles. The van der Waals surface area contributed by atoms with Gasteiger partial charge >= 0.3 is 5.97 Å². The topological polar surface area (TPSA) is 115 Å². The Hall–Kier alpha value is -2.84. The first-order valence-corrected chi connectivity index (χ1v) is 5.32. The van der Waals surface area contributed by atoms with Crippen molar-refractivity contribution in [1.82, 2.24) is 20.4 Å². The third-order valence-corrected chi connectivity index (χ3v) is 2.51. The Kier molecular flexibility index (Phi) is 2.44. The molecule has 1 fully saturated rings. The molecular weight excluding hydrogens is 256 g/mol. The van der Waals surface area contributed by atoms with Gasteiger partial charge in [-0.1, -0.05) is 0 Å². The number of hydroxylamine groups is 2. The molecule has 0 N–H and O–H groups in total. The molecule has 1 saturated heterocycles. The Balaban J connectivity index is 1.83. The van der Waals surface area contributed by atoms with Gasteiger partial charge in [0, 0.05) is 18.1 Å². The quantitative estimate of drug-likeness (QED) is 0.685. The van der Waals surface area contributed by atoms with Gasteiger partial charge in [-0.2, -0.15) is 0 Å². The maximum atomic E-state index is 11.7. The van der Waals surface area contributed by atoms with Gasteiger partial charge in [0.05, 0.1) is 0 Å². The Labute approximate surface area is 105 Å². The van der Waals surface area contributed by atoms with E-state index in [0.717, 1.165) is 0 Å². The molecule has 0 spiro atoms. The van der Waals surface area contributed by atoms with Gasteiger partial charge < -0.3 is 9.36 Å². The second-order valence-corrected chi connectivity index (χ2v) is 3.75. The van der Waals surface area contributed by atoms with Crippen molar-refractivity contribution in [2.24, 2.45) is 0 Å². The zero-order valence-corrected chi connectivity index (χ0v) is 9.40. The fraction of sp³-hybridized carbons (Fsp3) is 0.200. The maximum absolute atomic E-state index is 11.7. The van der Waals surface area contributed by atoms with Crippen LogP contribution in [0.5, 0.6) is 0 Å². The zero-order valence-electron chi connectivity index (χ0n) is 9.40. The lowest BCUT2D eigenvalue weighted by atomic mass is 10.3. The largest absolute Gasteiger partial charge is 0.382 e. The number of carbonyl (C=O) groups is 3. The Morgan fingerprint density at radius 3 is 2.74 bits per heavy atom. The summed E-state index contributed by atoms with van der Waals surface area (Å²) in [5.41, 5.74) is 0.331. The highest BCUT2D eigenvalue weighted by Gasteiger charge is 2.33. The molecule has 0 saturated carbocycles. The summed E-state index contributed by atoms with van der Waals surface area (Å²) >= 11 is 0. The number of fused-ring (bicyclic) bond motifs is 1. The molecule has 0 bridgehead atoms. The fourth-order valence-corrected chi connectivity index (χ4v) is 1.58. The number of nitrogens with zero attached hydrogens (tertiary/aromatic N) is 4. The summed E-state index contributed by atoms with van der Waals surface area (Å²) in [6.07, 6.45) is 0.0647. The standard InChI is InChI=1S/C10H6N4O5/c15-7-3-4-8(16)14(7)19-10(17)6-2-1-5-9(11-6)18-13-12-5/h1-2H,3-4H2. The highest BCUT2D eigenvalue weighted by Crippen LogP contribution is 2.15. The van der Waals surface area contributed by atoms with Gasteiger partial charge in [0.25, 0.3) is 17.5 Å². The minimum Gasteiger partial charge on any atom is -0.323 e. The molecule has 1 aliphatic heterocycles. The highest BCUT2D eigenvalue weighted by atomic mass is 16.7. The third-order valence-electron chi connectivity index (χ3n) is 2.51. The van der Waals surface area contributed by atoms with Crippen molar-refractivity contribution in [2.45, 2.75) is 12.8 Å². The summed E-state index contributed by atoms with van der Waals surface area (Å²) in [6.45, 7) is 0. The van der Waals surface area contributed by atoms with Crippen LogP contribution < -0.4 is 0 Å². The summed E-state index contributed by atoms with van der Waals surface area (Å²) in [4.78, 5) is 42.8. The first kappa shape index (κ1) is 11.3. The number of pyridine rings is 1. The number of rotatable bonds is 2. The summed E-state index contributed by atoms with van der Waals surface area (Å²) in [7, 11) is 0. The van der Waals surface area contributed by atoms with Crippen LogP contribution in [0.1, 0.15) is 23.3 Å². The zero-order chi connectivity index (χ0) is 13.4. The van der Waals surface area contributed by atoms with Gasteiger partial charge in [-0.05, 0) is 12.1 Å². The highest BCUT2D eigenvalue weighted by molar-refractivity contribution is 6.02. The lowest BCUT2D eigenvalue weighted by molar-refractivity contribution is -0.172. The van der Waals surface area contributed by atoms with Gasteiger partial charge in [-0.25, -0.2) is 9.78 Å². The predicted molar refractivity (Wildman–Crippen MR) is 56.1 cm³/mol. The number of imide groups is 1. The second-order valence-electron chi connectivity index (χ2n) is 3.75. The van der Waals surface area contributed by atoms with Crippen LogP contribution in [0.2, 0.25) is 0 Å². The van der Waals surface area contributed by atoms with Crippen LogP contribution in [0.4, 0.5) is 0 Å². The molecule has 9 heteroatoms. The number of aromatic nitrogens is 3. The number of carbonyl (C=O) groups excluding carboxylic acids is 3. The monoisotopic (exact) mass is 262 g/mol. The van der Waals surface area contributed by atoms with E-state index in [0.29, 0.717) is 10.6 Å². The normalized spacial score (nSPS) is 15.3. The molecule has 0 radical (unpaired) electrons. The van der Waals surface area contributed by atoms with Gasteiger partial charge in [0.15, 0.2) is 11.2 Å². The molecule has 19 heavy (non-hydrogen) atoms. The van der Waals surface area contributed by atoms with Crippen LogP contribution in [-0.4, -0.2) is 38.2 Å². The second kappa shape index (κ2) is 4.12. The van der Waals surface area contributed by atoms with Crippen LogP contribution in [0, 0.1) is 0 Å². The van der Waals surface area contributed by atoms with Crippen LogP contribution >= 0.6 is 0 Å². The third kappa shape index (κ3) is 1.90. The molecule has 96 valence electrons. The maximum Gasteiger partial charge on any atom is 0.382 e. The Morgan fingerprint density at radius 2 is 2.00 bits per heavy atom. The van der Waals surface area contributed by atoms with E-state index in [9.17, 15) is 14.4 Å². The minimum absolute atomic E-state index is 0.0323. The van der Waals surface area contributed by atoms with E-state index in [1.54, 1.807) is 0 Å². The lowest BCUT2D eigenvalue weighted by Crippen LogP contribution is -2.32. The molecule has 2 aromatic heterocycles. The number of hydrogen-bond acceptors (Lipinski definition) is 8. The summed E-state index contributed by atoms with van der Waals surface area (Å²) in [5, 5.41) is 7.32. The van der Waals surface area contributed by atoms with Crippen molar-refractivity contribution in [3.63, 3.8) is 0 Å². The number of hydrogen-bond donors (Lipinski definition) is 0. The van der Waals surface area contributed by atoms with Gasteiger partial charge in [-0.15, -0.1) is 10.2 Å². The lowest BCUT2D eigenvalue weighted by Gasteiger charge is -2.11. The van der Waals surface area contributed by atoms with Gasteiger partial charge in [0.1, 0.15) is 0 Å². The van der Waals surface area contributed by atoms with Crippen LogP contribution in [-0.2, 0) is 14.4 Å². The van der Waals surface area contributed by atoms with Crippen LogP contribution in [0.15, 0.2) is 16.7 Å². The van der Waals surface area contributed by atoms with Gasteiger partial charge in [0.2, 0.25) is 0 Å².